The number of hydrogen-bond donors (Lipinski definition) is 0. The minimum absolute atomic E-state index is 0.640. The van der Waals surface area contributed by atoms with Crippen molar-refractivity contribution < 1.29 is 4.74 Å². The first kappa shape index (κ1) is 17.3. The van der Waals surface area contributed by atoms with Gasteiger partial charge in [0.2, 0.25) is 0 Å². The Labute approximate surface area is 140 Å². The van der Waals surface area contributed by atoms with E-state index in [1.54, 1.807) is 0 Å². The standard InChI is InChI=1S/C22H28O/c1-16(2)9-8-10-17(3)13-14-23-22-18(4)15-20-11-6-7-12-21(20)19(22)5/h6-7,9,11-13,15H,8,10,14H2,1-5H3/b17-13+. The summed E-state index contributed by atoms with van der Waals surface area (Å²) in [6.45, 7) is 11.4. The average Bonchev–Trinajstić information content (AvgIpc) is 2.50. The zero-order chi connectivity index (χ0) is 16.8. The van der Waals surface area contributed by atoms with Gasteiger partial charge in [-0.25, -0.2) is 0 Å². The van der Waals surface area contributed by atoms with Crippen LogP contribution in [0.3, 0.4) is 0 Å². The zero-order valence-corrected chi connectivity index (χ0v) is 15.1. The Kier molecular flexibility index (Phi) is 6.04. The van der Waals surface area contributed by atoms with E-state index in [-0.39, 0.29) is 0 Å². The summed E-state index contributed by atoms with van der Waals surface area (Å²) < 4.78 is 6.08. The van der Waals surface area contributed by atoms with Crippen LogP contribution in [0.2, 0.25) is 0 Å². The summed E-state index contributed by atoms with van der Waals surface area (Å²) in [6, 6.07) is 10.7. The molecule has 0 N–H and O–H groups in total. The van der Waals surface area contributed by atoms with E-state index in [0.29, 0.717) is 6.61 Å². The van der Waals surface area contributed by atoms with Gasteiger partial charge in [0.25, 0.3) is 0 Å². The van der Waals surface area contributed by atoms with Crippen LogP contribution in [0.5, 0.6) is 5.75 Å². The predicted octanol–water partition coefficient (Wildman–Crippen LogP) is 6.53. The van der Waals surface area contributed by atoms with Crippen LogP contribution in [-0.2, 0) is 0 Å². The molecule has 2 aromatic rings. The van der Waals surface area contributed by atoms with Gasteiger partial charge in [0, 0.05) is 0 Å². The number of allylic oxidation sites excluding steroid dienone is 3. The largest absolute Gasteiger partial charge is 0.489 e. The van der Waals surface area contributed by atoms with Crippen molar-refractivity contribution in [3.8, 4) is 5.75 Å². The Morgan fingerprint density at radius 2 is 1.78 bits per heavy atom. The molecule has 0 aliphatic heterocycles. The van der Waals surface area contributed by atoms with E-state index in [1.165, 1.54) is 33.0 Å². The highest BCUT2D eigenvalue weighted by Crippen LogP contribution is 2.31. The molecule has 0 aliphatic carbocycles. The second-order valence-corrected chi connectivity index (χ2v) is 6.55. The van der Waals surface area contributed by atoms with E-state index in [0.717, 1.165) is 18.6 Å². The van der Waals surface area contributed by atoms with Crippen LogP contribution in [-0.4, -0.2) is 6.61 Å². The molecule has 0 bridgehead atoms. The minimum Gasteiger partial charge on any atom is -0.489 e. The van der Waals surface area contributed by atoms with Crippen LogP contribution in [0, 0.1) is 13.8 Å². The van der Waals surface area contributed by atoms with Gasteiger partial charge in [0.05, 0.1) is 0 Å². The number of benzene rings is 2. The molecule has 122 valence electrons. The molecule has 0 unspecified atom stereocenters. The van der Waals surface area contributed by atoms with Crippen molar-refractivity contribution in [1.82, 2.24) is 0 Å². The molecular formula is C22H28O. The monoisotopic (exact) mass is 308 g/mol. The third-order valence-corrected chi connectivity index (χ3v) is 4.19. The highest BCUT2D eigenvalue weighted by Gasteiger charge is 2.08. The molecule has 0 radical (unpaired) electrons. The lowest BCUT2D eigenvalue weighted by Crippen LogP contribution is -1.99. The summed E-state index contributed by atoms with van der Waals surface area (Å²) in [7, 11) is 0. The van der Waals surface area contributed by atoms with Crippen LogP contribution in [0.15, 0.2) is 53.6 Å². The molecule has 2 aromatic carbocycles. The summed E-state index contributed by atoms with van der Waals surface area (Å²) in [5.41, 5.74) is 5.21. The number of hydrogen-bond acceptors (Lipinski definition) is 1. The lowest BCUT2D eigenvalue weighted by atomic mass is 10.0. The van der Waals surface area contributed by atoms with Gasteiger partial charge in [-0.15, -0.1) is 0 Å². The summed E-state index contributed by atoms with van der Waals surface area (Å²) in [6.07, 6.45) is 6.70. The molecule has 0 saturated carbocycles. The fraction of sp³-hybridized carbons (Fsp3) is 0.364. The highest BCUT2D eigenvalue weighted by molar-refractivity contribution is 5.88. The van der Waals surface area contributed by atoms with Crippen LogP contribution >= 0.6 is 0 Å². The SMILES string of the molecule is CC(C)=CCC/C(C)=C/COc1c(C)cc2ccccc2c1C. The Morgan fingerprint density at radius 3 is 2.52 bits per heavy atom. The number of fused-ring (bicyclic) bond motifs is 1. The van der Waals surface area contributed by atoms with Gasteiger partial charge in [-0.2, -0.15) is 0 Å². The first-order chi connectivity index (χ1) is 11.0. The summed E-state index contributed by atoms with van der Waals surface area (Å²) in [5, 5.41) is 2.56. The van der Waals surface area contributed by atoms with E-state index >= 15 is 0 Å². The Morgan fingerprint density at radius 1 is 1.04 bits per heavy atom. The van der Waals surface area contributed by atoms with Crippen molar-refractivity contribution in [3.63, 3.8) is 0 Å². The first-order valence-corrected chi connectivity index (χ1v) is 8.39. The number of aryl methyl sites for hydroxylation is 2. The third-order valence-electron chi connectivity index (χ3n) is 4.19. The maximum absolute atomic E-state index is 6.08. The van der Waals surface area contributed by atoms with E-state index in [4.69, 9.17) is 4.74 Å². The Hall–Kier alpha value is -2.02. The van der Waals surface area contributed by atoms with Crippen molar-refractivity contribution in [2.24, 2.45) is 0 Å². The fourth-order valence-corrected chi connectivity index (χ4v) is 2.86. The molecule has 0 spiro atoms. The molecule has 0 aromatic heterocycles. The maximum atomic E-state index is 6.08. The second-order valence-electron chi connectivity index (χ2n) is 6.55. The van der Waals surface area contributed by atoms with Gasteiger partial charge in [0.1, 0.15) is 12.4 Å². The molecule has 1 nitrogen and oxygen atoms in total. The van der Waals surface area contributed by atoms with Crippen molar-refractivity contribution in [2.75, 3.05) is 6.61 Å². The van der Waals surface area contributed by atoms with Gasteiger partial charge < -0.3 is 4.74 Å². The van der Waals surface area contributed by atoms with E-state index in [2.05, 4.69) is 77.1 Å². The van der Waals surface area contributed by atoms with E-state index in [1.807, 2.05) is 0 Å². The van der Waals surface area contributed by atoms with Crippen LogP contribution in [0.25, 0.3) is 10.8 Å². The molecular weight excluding hydrogens is 280 g/mol. The lowest BCUT2D eigenvalue weighted by molar-refractivity contribution is 0.357. The quantitative estimate of drug-likeness (QED) is 0.551. The molecule has 1 heteroatoms. The highest BCUT2D eigenvalue weighted by atomic mass is 16.5. The van der Waals surface area contributed by atoms with Gasteiger partial charge in [0.15, 0.2) is 0 Å². The molecule has 0 amide bonds. The topological polar surface area (TPSA) is 9.23 Å². The molecule has 0 heterocycles. The summed E-state index contributed by atoms with van der Waals surface area (Å²) in [4.78, 5) is 0. The third kappa shape index (κ3) is 4.72. The van der Waals surface area contributed by atoms with Crippen LogP contribution in [0.1, 0.15) is 44.7 Å². The van der Waals surface area contributed by atoms with Gasteiger partial charge in [-0.1, -0.05) is 41.5 Å². The van der Waals surface area contributed by atoms with E-state index in [9.17, 15) is 0 Å². The average molecular weight is 308 g/mol. The smallest absolute Gasteiger partial charge is 0.126 e. The maximum Gasteiger partial charge on any atom is 0.126 e. The fourth-order valence-electron chi connectivity index (χ4n) is 2.86. The minimum atomic E-state index is 0.640. The number of ether oxygens (including phenoxy) is 1. The zero-order valence-electron chi connectivity index (χ0n) is 15.1. The van der Waals surface area contributed by atoms with Crippen molar-refractivity contribution in [2.45, 2.75) is 47.5 Å². The van der Waals surface area contributed by atoms with Crippen molar-refractivity contribution in [1.29, 1.82) is 0 Å². The van der Waals surface area contributed by atoms with Gasteiger partial charge >= 0.3 is 0 Å². The molecule has 2 rings (SSSR count). The molecule has 0 atom stereocenters. The summed E-state index contributed by atoms with van der Waals surface area (Å²) >= 11 is 0. The normalized spacial score (nSPS) is 11.6. The van der Waals surface area contributed by atoms with E-state index < -0.39 is 0 Å². The lowest BCUT2D eigenvalue weighted by Gasteiger charge is -2.14. The second kappa shape index (κ2) is 8.01. The molecule has 0 saturated heterocycles. The van der Waals surface area contributed by atoms with Crippen molar-refractivity contribution >= 4 is 10.8 Å². The van der Waals surface area contributed by atoms with Crippen molar-refractivity contribution in [3.05, 3.63) is 64.8 Å². The van der Waals surface area contributed by atoms with Gasteiger partial charge in [-0.05, 0) is 81.5 Å². The summed E-state index contributed by atoms with van der Waals surface area (Å²) in [5.74, 6) is 1.03. The molecule has 0 fully saturated rings. The van der Waals surface area contributed by atoms with Gasteiger partial charge in [-0.3, -0.25) is 0 Å². The van der Waals surface area contributed by atoms with Crippen LogP contribution < -0.4 is 4.74 Å². The van der Waals surface area contributed by atoms with Crippen LogP contribution in [0.4, 0.5) is 0 Å². The molecule has 23 heavy (non-hydrogen) atoms. The Bertz CT molecular complexity index is 731. The number of rotatable bonds is 6. The molecule has 0 aliphatic rings. The Balaban J connectivity index is 2.06. The first-order valence-electron chi connectivity index (χ1n) is 8.39. The predicted molar refractivity (Wildman–Crippen MR) is 101 cm³/mol.